The Bertz CT molecular complexity index is 921. The first-order chi connectivity index (χ1) is 13.6. The van der Waals surface area contributed by atoms with Gasteiger partial charge in [0.2, 0.25) is 0 Å². The molecular formula is C23H24N2O3. The molecule has 0 saturated heterocycles. The van der Waals surface area contributed by atoms with Crippen LogP contribution in [0, 0.1) is 0 Å². The first-order valence-corrected chi connectivity index (χ1v) is 9.50. The van der Waals surface area contributed by atoms with Crippen molar-refractivity contribution < 1.29 is 14.6 Å². The van der Waals surface area contributed by atoms with Gasteiger partial charge in [-0.15, -0.1) is 0 Å². The second-order valence-electron chi connectivity index (χ2n) is 6.75. The van der Waals surface area contributed by atoms with Crippen LogP contribution in [0.2, 0.25) is 0 Å². The van der Waals surface area contributed by atoms with Crippen LogP contribution in [0.15, 0.2) is 60.9 Å². The van der Waals surface area contributed by atoms with Gasteiger partial charge in [-0.1, -0.05) is 50.1 Å². The molecule has 0 bridgehead atoms. The Morgan fingerprint density at radius 3 is 2.36 bits per heavy atom. The fraction of sp³-hybridized carbons (Fsp3) is 0.261. The molecule has 2 aromatic carbocycles. The van der Waals surface area contributed by atoms with E-state index >= 15 is 0 Å². The number of aromatic nitrogens is 2. The summed E-state index contributed by atoms with van der Waals surface area (Å²) in [7, 11) is 0. The van der Waals surface area contributed by atoms with Gasteiger partial charge < -0.3 is 9.84 Å². The number of phenols is 1. The molecule has 1 heterocycles. The molecule has 3 rings (SSSR count). The van der Waals surface area contributed by atoms with Crippen molar-refractivity contribution in [3.8, 4) is 28.3 Å². The molecule has 0 aliphatic carbocycles. The van der Waals surface area contributed by atoms with Gasteiger partial charge in [0.1, 0.15) is 5.75 Å². The van der Waals surface area contributed by atoms with E-state index in [-0.39, 0.29) is 17.8 Å². The Morgan fingerprint density at radius 1 is 1.04 bits per heavy atom. The number of esters is 1. The largest absolute Gasteiger partial charge is 0.507 e. The van der Waals surface area contributed by atoms with Gasteiger partial charge >= 0.3 is 5.97 Å². The molecule has 0 radical (unpaired) electrons. The second-order valence-corrected chi connectivity index (χ2v) is 6.75. The minimum atomic E-state index is -0.314. The van der Waals surface area contributed by atoms with E-state index in [1.54, 1.807) is 36.7 Å². The SMILES string of the molecule is CCCCC(C)OC(=O)c1ccc(-c2ncc(-c3ccccc3O)cn2)cc1. The van der Waals surface area contributed by atoms with E-state index in [4.69, 9.17) is 4.74 Å². The zero-order valence-electron chi connectivity index (χ0n) is 16.1. The van der Waals surface area contributed by atoms with Gasteiger partial charge in [0.15, 0.2) is 5.82 Å². The number of carbonyl (C=O) groups excluding carboxylic acids is 1. The summed E-state index contributed by atoms with van der Waals surface area (Å²) in [6.45, 7) is 4.03. The Hall–Kier alpha value is -3.21. The third-order valence-electron chi connectivity index (χ3n) is 4.52. The first kappa shape index (κ1) is 19.5. The highest BCUT2D eigenvalue weighted by Crippen LogP contribution is 2.28. The number of phenolic OH excluding ortho intramolecular Hbond substituents is 1. The van der Waals surface area contributed by atoms with Gasteiger partial charge in [0, 0.05) is 29.1 Å². The highest BCUT2D eigenvalue weighted by Gasteiger charge is 2.12. The van der Waals surface area contributed by atoms with E-state index in [2.05, 4.69) is 16.9 Å². The van der Waals surface area contributed by atoms with Gasteiger partial charge in [0.25, 0.3) is 0 Å². The molecule has 0 saturated carbocycles. The van der Waals surface area contributed by atoms with Crippen LogP contribution >= 0.6 is 0 Å². The first-order valence-electron chi connectivity index (χ1n) is 9.50. The highest BCUT2D eigenvalue weighted by atomic mass is 16.5. The Kier molecular flexibility index (Phi) is 6.37. The van der Waals surface area contributed by atoms with E-state index in [0.717, 1.165) is 30.4 Å². The molecule has 5 nitrogen and oxygen atoms in total. The number of aromatic hydroxyl groups is 1. The summed E-state index contributed by atoms with van der Waals surface area (Å²) in [6, 6.07) is 14.1. The lowest BCUT2D eigenvalue weighted by molar-refractivity contribution is 0.0320. The van der Waals surface area contributed by atoms with Crippen molar-refractivity contribution in [2.24, 2.45) is 0 Å². The topological polar surface area (TPSA) is 72.3 Å². The van der Waals surface area contributed by atoms with Crippen molar-refractivity contribution >= 4 is 5.97 Å². The molecule has 1 unspecified atom stereocenters. The van der Waals surface area contributed by atoms with E-state index in [1.165, 1.54) is 0 Å². The van der Waals surface area contributed by atoms with Crippen LogP contribution in [0.25, 0.3) is 22.5 Å². The molecule has 1 aromatic heterocycles. The van der Waals surface area contributed by atoms with Crippen LogP contribution in [0.5, 0.6) is 5.75 Å². The average molecular weight is 376 g/mol. The molecule has 5 heteroatoms. The van der Waals surface area contributed by atoms with E-state index in [9.17, 15) is 9.90 Å². The fourth-order valence-electron chi connectivity index (χ4n) is 2.89. The number of rotatable bonds is 7. The van der Waals surface area contributed by atoms with Crippen molar-refractivity contribution in [1.82, 2.24) is 9.97 Å². The van der Waals surface area contributed by atoms with Crippen molar-refractivity contribution in [3.63, 3.8) is 0 Å². The molecular weight excluding hydrogens is 352 g/mol. The van der Waals surface area contributed by atoms with Gasteiger partial charge in [-0.25, -0.2) is 14.8 Å². The summed E-state index contributed by atoms with van der Waals surface area (Å²) in [5.74, 6) is 0.427. The van der Waals surface area contributed by atoms with Crippen LogP contribution in [-0.4, -0.2) is 27.1 Å². The summed E-state index contributed by atoms with van der Waals surface area (Å²) in [6.07, 6.45) is 6.26. The maximum atomic E-state index is 12.2. The monoisotopic (exact) mass is 376 g/mol. The van der Waals surface area contributed by atoms with Crippen LogP contribution in [0.3, 0.4) is 0 Å². The maximum Gasteiger partial charge on any atom is 0.338 e. The number of hydrogen-bond acceptors (Lipinski definition) is 5. The molecule has 0 amide bonds. The van der Waals surface area contributed by atoms with Crippen molar-refractivity contribution in [2.45, 2.75) is 39.2 Å². The normalized spacial score (nSPS) is 11.8. The van der Waals surface area contributed by atoms with Crippen LogP contribution in [0.1, 0.15) is 43.5 Å². The van der Waals surface area contributed by atoms with Gasteiger partial charge in [-0.2, -0.15) is 0 Å². The van der Waals surface area contributed by atoms with E-state index in [0.29, 0.717) is 17.0 Å². The smallest absolute Gasteiger partial charge is 0.338 e. The summed E-state index contributed by atoms with van der Waals surface area (Å²) in [5, 5.41) is 9.94. The fourth-order valence-corrected chi connectivity index (χ4v) is 2.89. The predicted molar refractivity (Wildman–Crippen MR) is 109 cm³/mol. The molecule has 144 valence electrons. The van der Waals surface area contributed by atoms with Gasteiger partial charge in [-0.05, 0) is 31.5 Å². The number of carbonyl (C=O) groups is 1. The van der Waals surface area contributed by atoms with Crippen LogP contribution in [-0.2, 0) is 4.74 Å². The Labute approximate surface area is 165 Å². The Morgan fingerprint density at radius 2 is 1.71 bits per heavy atom. The third-order valence-corrected chi connectivity index (χ3v) is 4.52. The molecule has 3 aromatic rings. The van der Waals surface area contributed by atoms with Crippen molar-refractivity contribution in [2.75, 3.05) is 0 Å². The van der Waals surface area contributed by atoms with Gasteiger partial charge in [-0.3, -0.25) is 0 Å². The van der Waals surface area contributed by atoms with E-state index in [1.807, 2.05) is 31.2 Å². The highest BCUT2D eigenvalue weighted by molar-refractivity contribution is 5.90. The van der Waals surface area contributed by atoms with Crippen molar-refractivity contribution in [1.29, 1.82) is 0 Å². The molecule has 0 fully saturated rings. The minimum absolute atomic E-state index is 0.0857. The molecule has 0 aliphatic rings. The molecule has 0 spiro atoms. The molecule has 28 heavy (non-hydrogen) atoms. The lowest BCUT2D eigenvalue weighted by atomic mass is 10.1. The Balaban J connectivity index is 1.70. The maximum absolute atomic E-state index is 12.2. The zero-order chi connectivity index (χ0) is 19.9. The minimum Gasteiger partial charge on any atom is -0.507 e. The summed E-state index contributed by atoms with van der Waals surface area (Å²) in [4.78, 5) is 21.0. The van der Waals surface area contributed by atoms with Crippen molar-refractivity contribution in [3.05, 3.63) is 66.5 Å². The number of hydrogen-bond donors (Lipinski definition) is 1. The number of unbranched alkanes of at least 4 members (excludes halogenated alkanes) is 1. The number of benzene rings is 2. The van der Waals surface area contributed by atoms with Crippen LogP contribution in [0.4, 0.5) is 0 Å². The standard InChI is InChI=1S/C23H24N2O3/c1-3-4-7-16(2)28-23(27)18-12-10-17(11-13-18)22-24-14-19(15-25-22)20-8-5-6-9-21(20)26/h5-6,8-16,26H,3-4,7H2,1-2H3. The number of ether oxygens (including phenoxy) is 1. The number of nitrogens with zero attached hydrogens (tertiary/aromatic N) is 2. The van der Waals surface area contributed by atoms with Gasteiger partial charge in [0.05, 0.1) is 11.7 Å². The molecule has 1 N–H and O–H groups in total. The lowest BCUT2D eigenvalue weighted by Gasteiger charge is -2.12. The molecule has 0 aliphatic heterocycles. The van der Waals surface area contributed by atoms with E-state index < -0.39 is 0 Å². The summed E-state index contributed by atoms with van der Waals surface area (Å²) < 4.78 is 5.47. The third kappa shape index (κ3) is 4.74. The van der Waals surface area contributed by atoms with Crippen LogP contribution < -0.4 is 0 Å². The number of para-hydroxylation sites is 1. The zero-order valence-corrected chi connectivity index (χ0v) is 16.1. The molecule has 1 atom stereocenters. The summed E-state index contributed by atoms with van der Waals surface area (Å²) in [5.41, 5.74) is 2.74. The predicted octanol–water partition coefficient (Wildman–Crippen LogP) is 5.25. The summed E-state index contributed by atoms with van der Waals surface area (Å²) >= 11 is 0. The second kappa shape index (κ2) is 9.13. The quantitative estimate of drug-likeness (QED) is 0.570. The average Bonchev–Trinajstić information content (AvgIpc) is 2.73. The lowest BCUT2D eigenvalue weighted by Crippen LogP contribution is -2.14.